The Balaban J connectivity index is 0.00000450. The first-order chi connectivity index (χ1) is 14.0. The number of benzene rings is 1. The number of rotatable bonds is 10. The fourth-order valence-corrected chi connectivity index (χ4v) is 2.73. The molecule has 8 heteroatoms. The number of ether oxygens (including phenoxy) is 1. The van der Waals surface area contributed by atoms with Gasteiger partial charge in [-0.15, -0.1) is 24.0 Å². The maximum Gasteiger partial charge on any atom is 0.243 e. The number of hydrogen-bond acceptors (Lipinski definition) is 4. The van der Waals surface area contributed by atoms with Crippen LogP contribution in [0, 0.1) is 5.92 Å². The summed E-state index contributed by atoms with van der Waals surface area (Å²) >= 11 is 0. The van der Waals surface area contributed by atoms with Crippen LogP contribution in [-0.4, -0.2) is 57.6 Å². The first-order valence-electron chi connectivity index (χ1n) is 9.85. The second-order valence-electron chi connectivity index (χ2n) is 7.25. The van der Waals surface area contributed by atoms with Crippen molar-refractivity contribution >= 4 is 35.8 Å². The Morgan fingerprint density at radius 3 is 2.53 bits per heavy atom. The molecule has 0 radical (unpaired) electrons. The topological polar surface area (TPSA) is 79.1 Å². The highest BCUT2D eigenvalue weighted by atomic mass is 127. The van der Waals surface area contributed by atoms with Gasteiger partial charge in [-0.2, -0.15) is 0 Å². The Hall–Kier alpha value is -2.23. The molecule has 0 saturated carbocycles. The Labute approximate surface area is 196 Å². The van der Waals surface area contributed by atoms with Crippen LogP contribution in [0.4, 0.5) is 0 Å². The average Bonchev–Trinajstić information content (AvgIpc) is 3.23. The fourth-order valence-electron chi connectivity index (χ4n) is 2.73. The molecule has 0 saturated heterocycles. The summed E-state index contributed by atoms with van der Waals surface area (Å²) in [5.74, 6) is 2.76. The second kappa shape index (κ2) is 13.9. The van der Waals surface area contributed by atoms with E-state index >= 15 is 0 Å². The van der Waals surface area contributed by atoms with E-state index in [1.54, 1.807) is 27.5 Å². The number of furan rings is 1. The number of nitrogens with zero attached hydrogens (tertiary/aromatic N) is 2. The number of likely N-dealkylation sites (N-methyl/N-ethyl adjacent to an activating group) is 1. The smallest absolute Gasteiger partial charge is 0.243 e. The van der Waals surface area contributed by atoms with E-state index in [1.807, 2.05) is 24.3 Å². The van der Waals surface area contributed by atoms with Crippen LogP contribution in [-0.2, 0) is 17.6 Å². The van der Waals surface area contributed by atoms with E-state index in [9.17, 15) is 4.79 Å². The molecule has 1 unspecified atom stereocenters. The van der Waals surface area contributed by atoms with Crippen LogP contribution in [0.1, 0.15) is 18.2 Å². The zero-order valence-electron chi connectivity index (χ0n) is 18.2. The van der Waals surface area contributed by atoms with Gasteiger partial charge in [-0.25, -0.2) is 4.99 Å². The summed E-state index contributed by atoms with van der Waals surface area (Å²) in [7, 11) is 5.13. The van der Waals surface area contributed by atoms with Crippen molar-refractivity contribution in [2.75, 3.05) is 40.8 Å². The van der Waals surface area contributed by atoms with Gasteiger partial charge in [0.05, 0.1) is 13.4 Å². The third-order valence-electron chi connectivity index (χ3n) is 4.48. The third kappa shape index (κ3) is 9.51. The summed E-state index contributed by atoms with van der Waals surface area (Å²) in [4.78, 5) is 17.8. The van der Waals surface area contributed by atoms with Crippen LogP contribution in [0.2, 0.25) is 0 Å². The Morgan fingerprint density at radius 2 is 1.93 bits per heavy atom. The molecule has 1 aromatic heterocycles. The minimum Gasteiger partial charge on any atom is -0.497 e. The van der Waals surface area contributed by atoms with Crippen LogP contribution in [0.15, 0.2) is 52.1 Å². The van der Waals surface area contributed by atoms with Gasteiger partial charge in [0.1, 0.15) is 18.1 Å². The molecular weight excluding hydrogens is 495 g/mol. The Bertz CT molecular complexity index is 761. The molecule has 2 aromatic rings. The molecule has 0 bridgehead atoms. The van der Waals surface area contributed by atoms with Crippen molar-refractivity contribution in [2.24, 2.45) is 10.9 Å². The first-order valence-corrected chi connectivity index (χ1v) is 9.85. The zero-order valence-corrected chi connectivity index (χ0v) is 20.5. The standard InChI is InChI=1S/C22H32N4O3.HI/c1-17(14-18-7-9-19(28-4)10-8-18)15-24-22(25-16-21(27)26(2)3)23-12-11-20-6-5-13-29-20;/h5-10,13,17H,11-12,14-16H2,1-4H3,(H2,23,24,25);1H. The molecule has 0 aliphatic rings. The molecule has 0 aliphatic carbocycles. The molecule has 2 N–H and O–H groups in total. The number of amides is 1. The molecule has 1 heterocycles. The van der Waals surface area contributed by atoms with E-state index < -0.39 is 0 Å². The predicted octanol–water partition coefficient (Wildman–Crippen LogP) is 2.95. The summed E-state index contributed by atoms with van der Waals surface area (Å²) < 4.78 is 10.6. The normalized spacial score (nSPS) is 11.9. The summed E-state index contributed by atoms with van der Waals surface area (Å²) in [5.41, 5.74) is 1.26. The summed E-state index contributed by atoms with van der Waals surface area (Å²) in [5, 5.41) is 6.63. The number of guanidine groups is 1. The van der Waals surface area contributed by atoms with Gasteiger partial charge in [0.15, 0.2) is 5.96 Å². The van der Waals surface area contributed by atoms with Gasteiger partial charge in [-0.05, 0) is 42.2 Å². The van der Waals surface area contributed by atoms with E-state index in [1.165, 1.54) is 10.5 Å². The summed E-state index contributed by atoms with van der Waals surface area (Å²) in [6, 6.07) is 11.9. The van der Waals surface area contributed by atoms with E-state index in [4.69, 9.17) is 9.15 Å². The van der Waals surface area contributed by atoms with Gasteiger partial charge < -0.3 is 24.7 Å². The van der Waals surface area contributed by atoms with Crippen molar-refractivity contribution in [3.63, 3.8) is 0 Å². The number of carbonyl (C=O) groups is 1. The fraction of sp³-hybridized carbons (Fsp3) is 0.455. The Kier molecular flexibility index (Phi) is 12.0. The lowest BCUT2D eigenvalue weighted by Crippen LogP contribution is -2.41. The first kappa shape index (κ1) is 25.8. The van der Waals surface area contributed by atoms with E-state index in [-0.39, 0.29) is 36.4 Å². The van der Waals surface area contributed by atoms with Crippen LogP contribution >= 0.6 is 24.0 Å². The van der Waals surface area contributed by atoms with Gasteiger partial charge >= 0.3 is 0 Å². The Morgan fingerprint density at radius 1 is 1.20 bits per heavy atom. The number of hydrogen-bond donors (Lipinski definition) is 2. The van der Waals surface area contributed by atoms with Crippen molar-refractivity contribution in [2.45, 2.75) is 19.8 Å². The minimum atomic E-state index is -0.0385. The predicted molar refractivity (Wildman–Crippen MR) is 131 cm³/mol. The van der Waals surface area contributed by atoms with Gasteiger partial charge in [0.25, 0.3) is 0 Å². The molecular formula is C22H33IN4O3. The van der Waals surface area contributed by atoms with Crippen molar-refractivity contribution < 1.29 is 13.9 Å². The van der Waals surface area contributed by atoms with Crippen molar-refractivity contribution in [1.29, 1.82) is 0 Å². The molecule has 1 aromatic carbocycles. The average molecular weight is 528 g/mol. The van der Waals surface area contributed by atoms with Gasteiger partial charge in [-0.1, -0.05) is 19.1 Å². The van der Waals surface area contributed by atoms with E-state index in [2.05, 4.69) is 34.7 Å². The van der Waals surface area contributed by atoms with Crippen LogP contribution in [0.25, 0.3) is 0 Å². The second-order valence-corrected chi connectivity index (χ2v) is 7.25. The third-order valence-corrected chi connectivity index (χ3v) is 4.48. The lowest BCUT2D eigenvalue weighted by molar-refractivity contribution is -0.127. The largest absolute Gasteiger partial charge is 0.497 e. The number of halogens is 1. The minimum absolute atomic E-state index is 0. The highest BCUT2D eigenvalue weighted by Gasteiger charge is 2.08. The molecule has 2 rings (SSSR count). The van der Waals surface area contributed by atoms with Crippen molar-refractivity contribution in [1.82, 2.24) is 15.5 Å². The maximum atomic E-state index is 11.9. The van der Waals surface area contributed by atoms with Crippen LogP contribution in [0.5, 0.6) is 5.75 Å². The van der Waals surface area contributed by atoms with Gasteiger partial charge in [0.2, 0.25) is 5.91 Å². The zero-order chi connectivity index (χ0) is 21.1. The molecule has 7 nitrogen and oxygen atoms in total. The van der Waals surface area contributed by atoms with Crippen LogP contribution in [0.3, 0.4) is 0 Å². The number of methoxy groups -OCH3 is 1. The molecule has 0 spiro atoms. The monoisotopic (exact) mass is 528 g/mol. The summed E-state index contributed by atoms with van der Waals surface area (Å²) in [6.07, 6.45) is 3.35. The SMILES string of the molecule is COc1ccc(CC(C)CNC(=NCC(=O)N(C)C)NCCc2ccco2)cc1.I. The van der Waals surface area contributed by atoms with E-state index in [0.29, 0.717) is 18.4 Å². The number of aliphatic imine (C=N–C) groups is 1. The van der Waals surface area contributed by atoms with Gasteiger partial charge in [0, 0.05) is 33.6 Å². The van der Waals surface area contributed by atoms with Crippen molar-refractivity contribution in [3.8, 4) is 5.75 Å². The van der Waals surface area contributed by atoms with Crippen molar-refractivity contribution in [3.05, 3.63) is 54.0 Å². The lowest BCUT2D eigenvalue weighted by atomic mass is 10.0. The molecule has 0 aliphatic heterocycles. The van der Waals surface area contributed by atoms with Crippen LogP contribution < -0.4 is 15.4 Å². The summed E-state index contributed by atoms with van der Waals surface area (Å²) in [6.45, 7) is 3.70. The number of carbonyl (C=O) groups excluding carboxylic acids is 1. The maximum absolute atomic E-state index is 11.9. The molecule has 1 atom stereocenters. The molecule has 166 valence electrons. The molecule has 1 amide bonds. The highest BCUT2D eigenvalue weighted by molar-refractivity contribution is 14.0. The highest BCUT2D eigenvalue weighted by Crippen LogP contribution is 2.14. The quantitative estimate of drug-likeness (QED) is 0.282. The van der Waals surface area contributed by atoms with Gasteiger partial charge in [-0.3, -0.25) is 4.79 Å². The van der Waals surface area contributed by atoms with E-state index in [0.717, 1.165) is 30.9 Å². The lowest BCUT2D eigenvalue weighted by Gasteiger charge is -2.17. The molecule has 0 fully saturated rings. The number of nitrogens with one attached hydrogen (secondary N) is 2. The molecule has 30 heavy (non-hydrogen) atoms.